The van der Waals surface area contributed by atoms with Gasteiger partial charge in [-0.25, -0.2) is 0 Å². The molecule has 0 spiro atoms. The van der Waals surface area contributed by atoms with Crippen LogP contribution < -0.4 is 0 Å². The van der Waals surface area contributed by atoms with Gasteiger partial charge in [-0.2, -0.15) is 5.10 Å². The zero-order chi connectivity index (χ0) is 14.0. The first-order chi connectivity index (χ1) is 9.05. The van der Waals surface area contributed by atoms with Crippen molar-refractivity contribution in [3.63, 3.8) is 0 Å². The van der Waals surface area contributed by atoms with E-state index in [1.807, 2.05) is 29.5 Å². The Morgan fingerprint density at radius 1 is 1.53 bits per heavy atom. The van der Waals surface area contributed by atoms with Crippen molar-refractivity contribution >= 4 is 5.97 Å². The Hall–Kier alpha value is -1.40. The van der Waals surface area contributed by atoms with Crippen LogP contribution in [-0.4, -0.2) is 49.6 Å². The fraction of sp³-hybridized carbons (Fsp3) is 0.692. The molecule has 1 saturated heterocycles. The second-order valence-electron chi connectivity index (χ2n) is 4.97. The smallest absolute Gasteiger partial charge is 0.321 e. The lowest BCUT2D eigenvalue weighted by atomic mass is 10.2. The third-order valence-corrected chi connectivity index (χ3v) is 3.61. The van der Waals surface area contributed by atoms with E-state index >= 15 is 0 Å². The summed E-state index contributed by atoms with van der Waals surface area (Å²) in [6, 6.07) is 1.42. The molecule has 2 rings (SSSR count). The highest BCUT2D eigenvalue weighted by Gasteiger charge is 2.36. The standard InChI is InChI=1S/C13H21N3O3/c1-3-9-5-10(16(4-2)14-9)7-15-8-11(17)6-12(15)13(18)19/h5,11-12,17H,3-4,6-8H2,1-2H3,(H,18,19). The third-order valence-electron chi connectivity index (χ3n) is 3.61. The molecule has 1 aromatic heterocycles. The molecule has 0 aliphatic carbocycles. The predicted molar refractivity (Wildman–Crippen MR) is 69.7 cm³/mol. The maximum Gasteiger partial charge on any atom is 0.321 e. The van der Waals surface area contributed by atoms with Gasteiger partial charge >= 0.3 is 5.97 Å². The van der Waals surface area contributed by atoms with Crippen LogP contribution in [0, 0.1) is 0 Å². The van der Waals surface area contributed by atoms with E-state index in [4.69, 9.17) is 0 Å². The summed E-state index contributed by atoms with van der Waals surface area (Å²) >= 11 is 0. The van der Waals surface area contributed by atoms with E-state index in [0.717, 1.165) is 24.4 Å². The number of carboxylic acids is 1. The van der Waals surface area contributed by atoms with E-state index in [1.54, 1.807) is 0 Å². The van der Waals surface area contributed by atoms with Crippen molar-refractivity contribution in [1.82, 2.24) is 14.7 Å². The van der Waals surface area contributed by atoms with Gasteiger partial charge in [0.2, 0.25) is 0 Å². The summed E-state index contributed by atoms with van der Waals surface area (Å²) in [6.07, 6.45) is 0.617. The quantitative estimate of drug-likeness (QED) is 0.811. The van der Waals surface area contributed by atoms with Gasteiger partial charge in [0, 0.05) is 26.1 Å². The van der Waals surface area contributed by atoms with Gasteiger partial charge < -0.3 is 10.2 Å². The zero-order valence-electron chi connectivity index (χ0n) is 11.4. The number of aliphatic carboxylic acids is 1. The van der Waals surface area contributed by atoms with Crippen molar-refractivity contribution in [3.05, 3.63) is 17.5 Å². The van der Waals surface area contributed by atoms with Crippen LogP contribution in [0.4, 0.5) is 0 Å². The van der Waals surface area contributed by atoms with Crippen molar-refractivity contribution in [2.24, 2.45) is 0 Å². The van der Waals surface area contributed by atoms with Crippen LogP contribution in [0.1, 0.15) is 31.7 Å². The number of aliphatic hydroxyl groups excluding tert-OH is 1. The number of aryl methyl sites for hydroxylation is 2. The minimum atomic E-state index is -0.866. The Morgan fingerprint density at radius 2 is 2.26 bits per heavy atom. The minimum absolute atomic E-state index is 0.302. The normalized spacial score (nSPS) is 23.9. The van der Waals surface area contributed by atoms with Crippen LogP contribution in [0.3, 0.4) is 0 Å². The Labute approximate surface area is 112 Å². The Balaban J connectivity index is 2.15. The number of aliphatic hydroxyl groups is 1. The van der Waals surface area contributed by atoms with Crippen LogP contribution in [0.2, 0.25) is 0 Å². The molecule has 19 heavy (non-hydrogen) atoms. The Bertz CT molecular complexity index is 458. The Kier molecular flexibility index (Phi) is 4.21. The van der Waals surface area contributed by atoms with Crippen LogP contribution in [0.5, 0.6) is 0 Å². The molecule has 1 aliphatic rings. The molecular formula is C13H21N3O3. The molecule has 2 atom stereocenters. The van der Waals surface area contributed by atoms with E-state index in [-0.39, 0.29) is 0 Å². The van der Waals surface area contributed by atoms with E-state index < -0.39 is 18.1 Å². The van der Waals surface area contributed by atoms with E-state index in [0.29, 0.717) is 19.5 Å². The van der Waals surface area contributed by atoms with Gasteiger partial charge in [-0.3, -0.25) is 14.4 Å². The average molecular weight is 267 g/mol. The maximum absolute atomic E-state index is 11.2. The first-order valence-corrected chi connectivity index (χ1v) is 6.75. The van der Waals surface area contributed by atoms with E-state index in [9.17, 15) is 15.0 Å². The lowest BCUT2D eigenvalue weighted by molar-refractivity contribution is -0.142. The highest BCUT2D eigenvalue weighted by Crippen LogP contribution is 2.21. The van der Waals surface area contributed by atoms with Crippen molar-refractivity contribution in [1.29, 1.82) is 0 Å². The van der Waals surface area contributed by atoms with Gasteiger partial charge in [0.15, 0.2) is 0 Å². The number of aromatic nitrogens is 2. The van der Waals surface area contributed by atoms with Gasteiger partial charge in [-0.05, 0) is 19.4 Å². The summed E-state index contributed by atoms with van der Waals surface area (Å²) in [6.45, 7) is 5.76. The minimum Gasteiger partial charge on any atom is -0.480 e. The predicted octanol–water partition coefficient (Wildman–Crippen LogP) is 0.485. The van der Waals surface area contributed by atoms with Crippen molar-refractivity contribution in [2.45, 2.75) is 51.9 Å². The van der Waals surface area contributed by atoms with Crippen molar-refractivity contribution in [3.8, 4) is 0 Å². The number of rotatable bonds is 5. The SMILES string of the molecule is CCc1cc(CN2CC(O)CC2C(=O)O)n(CC)n1. The van der Waals surface area contributed by atoms with Crippen LogP contribution in [-0.2, 0) is 24.3 Å². The van der Waals surface area contributed by atoms with Crippen molar-refractivity contribution < 1.29 is 15.0 Å². The van der Waals surface area contributed by atoms with Crippen LogP contribution >= 0.6 is 0 Å². The van der Waals surface area contributed by atoms with Gasteiger partial charge in [-0.1, -0.05) is 6.92 Å². The van der Waals surface area contributed by atoms with Gasteiger partial charge in [0.1, 0.15) is 6.04 Å². The average Bonchev–Trinajstić information content (AvgIpc) is 2.93. The van der Waals surface area contributed by atoms with E-state index in [1.165, 1.54) is 0 Å². The molecule has 2 heterocycles. The summed E-state index contributed by atoms with van der Waals surface area (Å²) in [7, 11) is 0. The largest absolute Gasteiger partial charge is 0.480 e. The number of hydrogen-bond acceptors (Lipinski definition) is 4. The molecule has 1 fully saturated rings. The molecule has 1 aromatic rings. The summed E-state index contributed by atoms with van der Waals surface area (Å²) in [4.78, 5) is 13.0. The number of nitrogens with zero attached hydrogens (tertiary/aromatic N) is 3. The summed E-state index contributed by atoms with van der Waals surface area (Å²) in [5.74, 6) is -0.866. The Morgan fingerprint density at radius 3 is 2.84 bits per heavy atom. The molecule has 1 aliphatic heterocycles. The highest BCUT2D eigenvalue weighted by molar-refractivity contribution is 5.74. The zero-order valence-corrected chi connectivity index (χ0v) is 11.4. The second kappa shape index (κ2) is 5.71. The number of hydrogen-bond donors (Lipinski definition) is 2. The van der Waals surface area contributed by atoms with Gasteiger partial charge in [0.25, 0.3) is 0 Å². The number of likely N-dealkylation sites (tertiary alicyclic amines) is 1. The van der Waals surface area contributed by atoms with Crippen LogP contribution in [0.25, 0.3) is 0 Å². The molecule has 2 unspecified atom stereocenters. The number of carbonyl (C=O) groups is 1. The maximum atomic E-state index is 11.2. The molecule has 6 heteroatoms. The molecule has 6 nitrogen and oxygen atoms in total. The molecule has 2 N–H and O–H groups in total. The fourth-order valence-electron chi connectivity index (χ4n) is 2.61. The molecule has 0 radical (unpaired) electrons. The van der Waals surface area contributed by atoms with Gasteiger partial charge in [-0.15, -0.1) is 0 Å². The molecule has 106 valence electrons. The highest BCUT2D eigenvalue weighted by atomic mass is 16.4. The summed E-state index contributed by atoms with van der Waals surface area (Å²) < 4.78 is 1.91. The summed E-state index contributed by atoms with van der Waals surface area (Å²) in [5, 5.41) is 23.3. The van der Waals surface area contributed by atoms with Gasteiger partial charge in [0.05, 0.1) is 17.5 Å². The number of carboxylic acid groups (broad SMARTS) is 1. The molecule has 0 bridgehead atoms. The monoisotopic (exact) mass is 267 g/mol. The third kappa shape index (κ3) is 2.96. The molecule has 0 aromatic carbocycles. The first kappa shape index (κ1) is 14.0. The van der Waals surface area contributed by atoms with Crippen LogP contribution in [0.15, 0.2) is 6.07 Å². The number of β-amino-alcohol motifs (C(OH)–C–C–N with tert-alkyl or cyclic N) is 1. The molecule has 0 saturated carbocycles. The fourth-order valence-corrected chi connectivity index (χ4v) is 2.61. The lowest BCUT2D eigenvalue weighted by Gasteiger charge is -2.20. The topological polar surface area (TPSA) is 78.6 Å². The first-order valence-electron chi connectivity index (χ1n) is 6.75. The lowest BCUT2D eigenvalue weighted by Crippen LogP contribution is -2.36. The second-order valence-corrected chi connectivity index (χ2v) is 4.97. The van der Waals surface area contributed by atoms with Crippen molar-refractivity contribution in [2.75, 3.05) is 6.54 Å². The molecular weight excluding hydrogens is 246 g/mol. The molecule has 0 amide bonds. The van der Waals surface area contributed by atoms with E-state index in [2.05, 4.69) is 5.10 Å². The summed E-state index contributed by atoms with van der Waals surface area (Å²) in [5.41, 5.74) is 2.03.